The van der Waals surface area contributed by atoms with Gasteiger partial charge < -0.3 is 25.2 Å². The van der Waals surface area contributed by atoms with Crippen LogP contribution < -0.4 is 20.1 Å². The summed E-state index contributed by atoms with van der Waals surface area (Å²) in [6, 6.07) is 8.20. The van der Waals surface area contributed by atoms with Crippen LogP contribution in [0.2, 0.25) is 0 Å². The molecule has 2 heterocycles. The van der Waals surface area contributed by atoms with Crippen molar-refractivity contribution in [3.63, 3.8) is 0 Å². The molecule has 2 aliphatic carbocycles. The molecule has 0 radical (unpaired) electrons. The van der Waals surface area contributed by atoms with Crippen molar-refractivity contribution < 1.29 is 24.2 Å². The number of amides is 1. The number of carbonyl (C=O) groups excluding carboxylic acids is 1. The molecule has 9 heteroatoms. The van der Waals surface area contributed by atoms with Crippen molar-refractivity contribution in [2.45, 2.75) is 63.7 Å². The average Bonchev–Trinajstić information content (AvgIpc) is 3.33. The number of nitrogens with zero attached hydrogens (tertiary/aromatic N) is 3. The fourth-order valence-electron chi connectivity index (χ4n) is 5.77. The fourth-order valence-corrected chi connectivity index (χ4v) is 5.77. The summed E-state index contributed by atoms with van der Waals surface area (Å²) < 4.78 is 11.6. The van der Waals surface area contributed by atoms with E-state index in [1.165, 1.54) is 18.4 Å². The maximum absolute atomic E-state index is 13.4. The molecule has 0 atom stereocenters. The molecule has 3 aliphatic rings. The number of aromatic nitrogens is 2. The molecule has 0 unspecified atom stereocenters. The molecule has 1 aromatic carbocycles. The van der Waals surface area contributed by atoms with E-state index >= 15 is 0 Å². The Bertz CT molecular complexity index is 1090. The van der Waals surface area contributed by atoms with Gasteiger partial charge in [-0.2, -0.15) is 9.97 Å². The van der Waals surface area contributed by atoms with Crippen LogP contribution in [0.25, 0.3) is 0 Å². The van der Waals surface area contributed by atoms with Crippen LogP contribution in [0.3, 0.4) is 0 Å². The number of ether oxygens (including phenoxy) is 2. The lowest BCUT2D eigenvalue weighted by Gasteiger charge is -2.28. The van der Waals surface area contributed by atoms with Crippen molar-refractivity contribution in [2.75, 3.05) is 30.4 Å². The minimum atomic E-state index is -0.714. The number of fused-ring (bicyclic) bond motifs is 1. The van der Waals surface area contributed by atoms with Gasteiger partial charge in [0, 0.05) is 12.1 Å². The van der Waals surface area contributed by atoms with Crippen LogP contribution in [0.15, 0.2) is 24.3 Å². The Kier molecular flexibility index (Phi) is 7.25. The van der Waals surface area contributed by atoms with E-state index < -0.39 is 5.97 Å². The highest BCUT2D eigenvalue weighted by atomic mass is 16.5. The van der Waals surface area contributed by atoms with Crippen LogP contribution in [0, 0.1) is 11.8 Å². The van der Waals surface area contributed by atoms with Gasteiger partial charge in [0.05, 0.1) is 13.2 Å². The van der Waals surface area contributed by atoms with Gasteiger partial charge >= 0.3 is 12.0 Å². The summed E-state index contributed by atoms with van der Waals surface area (Å²) in [5, 5.41) is 9.04. The first-order valence-electron chi connectivity index (χ1n) is 13.0. The molecule has 0 bridgehead atoms. The minimum Gasteiger partial charge on any atom is -0.481 e. The lowest BCUT2D eigenvalue weighted by Crippen LogP contribution is -2.32. The van der Waals surface area contributed by atoms with E-state index in [9.17, 15) is 9.59 Å². The van der Waals surface area contributed by atoms with Gasteiger partial charge in [-0.3, -0.25) is 9.59 Å². The highest BCUT2D eigenvalue weighted by molar-refractivity contribution is 6.10. The number of aliphatic carboxylic acids is 1. The quantitative estimate of drug-likeness (QED) is 0.579. The largest absolute Gasteiger partial charge is 0.481 e. The van der Waals surface area contributed by atoms with E-state index in [0.29, 0.717) is 25.0 Å². The summed E-state index contributed by atoms with van der Waals surface area (Å²) >= 11 is 0. The number of rotatable bonds is 7. The van der Waals surface area contributed by atoms with Crippen molar-refractivity contribution in [2.24, 2.45) is 11.8 Å². The minimum absolute atomic E-state index is 0.0630. The highest BCUT2D eigenvalue weighted by Gasteiger charge is 2.31. The summed E-state index contributed by atoms with van der Waals surface area (Å²) in [6.07, 6.45) is 8.84. The topological polar surface area (TPSA) is 128 Å². The molecule has 5 rings (SSSR count). The van der Waals surface area contributed by atoms with Crippen LogP contribution in [-0.2, 0) is 4.79 Å². The number of hydrogen-bond acceptors (Lipinski definition) is 7. The second-order valence-electron chi connectivity index (χ2n) is 10.2. The van der Waals surface area contributed by atoms with E-state index in [2.05, 4.69) is 22.1 Å². The maximum atomic E-state index is 13.4. The first kappa shape index (κ1) is 24.3. The lowest BCUT2D eigenvalue weighted by atomic mass is 9.77. The van der Waals surface area contributed by atoms with Crippen molar-refractivity contribution >= 4 is 23.4 Å². The number of carboxylic acid groups (broad SMARTS) is 1. The standard InChI is InChI=1S/C27H34N4O5/c28-24-23-25(30-27(29-24)36-16-18-3-1-2-4-18)35-14-13-31(26(23)34)21-11-9-20(10-12-21)19-7-5-17(6-8-19)15-22(32)33/h9-12,17-19H,1-8,13-16H2,(H,32,33)(H2,28,29,30). The maximum Gasteiger partial charge on any atom is 0.321 e. The number of hydrogen-bond donors (Lipinski definition) is 2. The zero-order chi connectivity index (χ0) is 25.1. The number of anilines is 2. The number of nitrogens with two attached hydrogens (primary N) is 1. The normalized spacial score (nSPS) is 22.6. The van der Waals surface area contributed by atoms with Crippen molar-refractivity contribution in [3.05, 3.63) is 35.4 Å². The summed E-state index contributed by atoms with van der Waals surface area (Å²) in [5.74, 6) is 0.432. The van der Waals surface area contributed by atoms with E-state index in [0.717, 1.165) is 44.2 Å². The number of carbonyl (C=O) groups is 2. The van der Waals surface area contributed by atoms with Crippen molar-refractivity contribution in [3.8, 4) is 11.9 Å². The predicted octanol–water partition coefficient (Wildman–Crippen LogP) is 4.42. The zero-order valence-corrected chi connectivity index (χ0v) is 20.5. The first-order chi connectivity index (χ1) is 17.5. The second-order valence-corrected chi connectivity index (χ2v) is 10.2. The van der Waals surface area contributed by atoms with Gasteiger partial charge in [0.25, 0.3) is 5.91 Å². The molecule has 2 fully saturated rings. The van der Waals surface area contributed by atoms with Gasteiger partial charge in [0.2, 0.25) is 5.88 Å². The molecule has 0 spiro atoms. The lowest BCUT2D eigenvalue weighted by molar-refractivity contribution is -0.138. The molecule has 9 nitrogen and oxygen atoms in total. The Morgan fingerprint density at radius 3 is 2.47 bits per heavy atom. The van der Waals surface area contributed by atoms with Crippen molar-refractivity contribution in [1.29, 1.82) is 0 Å². The number of benzene rings is 1. The van der Waals surface area contributed by atoms with Gasteiger partial charge in [-0.1, -0.05) is 25.0 Å². The van der Waals surface area contributed by atoms with E-state index in [4.69, 9.17) is 20.3 Å². The Hall–Kier alpha value is -3.36. The predicted molar refractivity (Wildman–Crippen MR) is 134 cm³/mol. The summed E-state index contributed by atoms with van der Waals surface area (Å²) in [6.45, 7) is 1.20. The highest BCUT2D eigenvalue weighted by Crippen LogP contribution is 2.38. The van der Waals surface area contributed by atoms with E-state index in [1.807, 2.05) is 12.1 Å². The Labute approximate surface area is 211 Å². The summed E-state index contributed by atoms with van der Waals surface area (Å²) in [4.78, 5) is 34.7. The second kappa shape index (κ2) is 10.7. The smallest absolute Gasteiger partial charge is 0.321 e. The molecule has 2 saturated carbocycles. The van der Waals surface area contributed by atoms with Gasteiger partial charge in [0.15, 0.2) is 0 Å². The van der Waals surface area contributed by atoms with Crippen LogP contribution in [-0.4, -0.2) is 46.7 Å². The van der Waals surface area contributed by atoms with Gasteiger partial charge in [0.1, 0.15) is 18.0 Å². The van der Waals surface area contributed by atoms with Crippen LogP contribution in [0.1, 0.15) is 79.6 Å². The molecule has 0 saturated heterocycles. The summed E-state index contributed by atoms with van der Waals surface area (Å²) in [7, 11) is 0. The van der Waals surface area contributed by atoms with Gasteiger partial charge in [-0.15, -0.1) is 0 Å². The zero-order valence-electron chi connectivity index (χ0n) is 20.5. The third-order valence-corrected chi connectivity index (χ3v) is 7.81. The van der Waals surface area contributed by atoms with Gasteiger partial charge in [-0.25, -0.2) is 0 Å². The summed E-state index contributed by atoms with van der Waals surface area (Å²) in [5.41, 5.74) is 8.35. The Morgan fingerprint density at radius 1 is 1.06 bits per heavy atom. The van der Waals surface area contributed by atoms with E-state index in [-0.39, 0.29) is 48.1 Å². The fraction of sp³-hybridized carbons (Fsp3) is 0.556. The third-order valence-electron chi connectivity index (χ3n) is 7.81. The molecule has 1 aliphatic heterocycles. The molecular formula is C27H34N4O5. The van der Waals surface area contributed by atoms with Crippen LogP contribution >= 0.6 is 0 Å². The number of nitrogen functional groups attached to an aromatic ring is 1. The Morgan fingerprint density at radius 2 is 1.78 bits per heavy atom. The number of carboxylic acids is 1. The molecule has 36 heavy (non-hydrogen) atoms. The molecule has 192 valence electrons. The average molecular weight is 495 g/mol. The van der Waals surface area contributed by atoms with Crippen molar-refractivity contribution in [1.82, 2.24) is 9.97 Å². The molecular weight excluding hydrogens is 460 g/mol. The van der Waals surface area contributed by atoms with Crippen LogP contribution in [0.5, 0.6) is 11.9 Å². The SMILES string of the molecule is Nc1nc(OCC2CCCC2)nc2c1C(=O)N(c1ccc(C3CCC(CC(=O)O)CC3)cc1)CCO2. The monoisotopic (exact) mass is 494 g/mol. The Balaban J connectivity index is 1.26. The molecule has 3 N–H and O–H groups in total. The molecule has 2 aromatic rings. The van der Waals surface area contributed by atoms with Gasteiger partial charge in [-0.05, 0) is 74.0 Å². The third kappa shape index (κ3) is 5.39. The molecule has 1 aromatic heterocycles. The van der Waals surface area contributed by atoms with E-state index in [1.54, 1.807) is 4.90 Å². The first-order valence-corrected chi connectivity index (χ1v) is 13.0. The van der Waals surface area contributed by atoms with Crippen LogP contribution in [0.4, 0.5) is 11.5 Å². The molecule has 1 amide bonds.